The first kappa shape index (κ1) is 15.3. The molecule has 3 heteroatoms. The molecule has 3 atom stereocenters. The first-order chi connectivity index (χ1) is 9.54. The molecule has 3 unspecified atom stereocenters. The summed E-state index contributed by atoms with van der Waals surface area (Å²) in [5.74, 6) is 0.950. The molecule has 20 heavy (non-hydrogen) atoms. The quantitative estimate of drug-likeness (QED) is 0.866. The molecule has 3 nitrogen and oxygen atoms in total. The summed E-state index contributed by atoms with van der Waals surface area (Å²) < 4.78 is 5.76. The van der Waals surface area contributed by atoms with Crippen molar-refractivity contribution in [1.82, 2.24) is 5.32 Å². The minimum atomic E-state index is 0.213. The molecule has 3 N–H and O–H groups in total. The average molecular weight is 276 g/mol. The minimum absolute atomic E-state index is 0.213. The molecule has 0 aromatic heterocycles. The van der Waals surface area contributed by atoms with Gasteiger partial charge in [0, 0.05) is 18.1 Å². The number of nitrogens with two attached hydrogens (primary N) is 1. The molecular formula is C17H28N2O. The predicted molar refractivity (Wildman–Crippen MR) is 84.0 cm³/mol. The summed E-state index contributed by atoms with van der Waals surface area (Å²) in [7, 11) is 0. The lowest BCUT2D eigenvalue weighted by molar-refractivity contribution is 0.242. The van der Waals surface area contributed by atoms with Crippen LogP contribution >= 0.6 is 0 Å². The van der Waals surface area contributed by atoms with Crippen LogP contribution in [-0.2, 0) is 0 Å². The van der Waals surface area contributed by atoms with Gasteiger partial charge in [0.25, 0.3) is 0 Å². The molecule has 0 aliphatic heterocycles. The molecule has 1 aliphatic rings. The van der Waals surface area contributed by atoms with Gasteiger partial charge in [0.2, 0.25) is 0 Å². The second-order valence-electron chi connectivity index (χ2n) is 6.25. The molecule has 2 rings (SSSR count). The van der Waals surface area contributed by atoms with Crippen molar-refractivity contribution >= 4 is 0 Å². The molecule has 0 spiro atoms. The Balaban J connectivity index is 1.96. The van der Waals surface area contributed by atoms with Crippen LogP contribution in [0, 0.1) is 0 Å². The van der Waals surface area contributed by atoms with Gasteiger partial charge in [-0.05, 0) is 57.7 Å². The molecule has 1 aromatic carbocycles. The Kier molecular flexibility index (Phi) is 5.44. The molecule has 0 radical (unpaired) electrons. The van der Waals surface area contributed by atoms with Crippen LogP contribution in [0.3, 0.4) is 0 Å². The van der Waals surface area contributed by atoms with Gasteiger partial charge in [-0.1, -0.05) is 18.6 Å². The fourth-order valence-corrected chi connectivity index (χ4v) is 2.96. The summed E-state index contributed by atoms with van der Waals surface area (Å²) in [4.78, 5) is 0. The van der Waals surface area contributed by atoms with Crippen LogP contribution < -0.4 is 15.8 Å². The number of hydrogen-bond donors (Lipinski definition) is 2. The van der Waals surface area contributed by atoms with Crippen LogP contribution in [0.5, 0.6) is 5.75 Å². The number of benzene rings is 1. The van der Waals surface area contributed by atoms with Gasteiger partial charge >= 0.3 is 0 Å². The van der Waals surface area contributed by atoms with Gasteiger partial charge in [0.05, 0.1) is 6.10 Å². The highest BCUT2D eigenvalue weighted by molar-refractivity contribution is 5.30. The summed E-state index contributed by atoms with van der Waals surface area (Å²) in [5.41, 5.74) is 7.34. The Labute approximate surface area is 122 Å². The van der Waals surface area contributed by atoms with Crippen molar-refractivity contribution < 1.29 is 4.74 Å². The summed E-state index contributed by atoms with van der Waals surface area (Å²) in [6, 6.07) is 9.63. The molecule has 1 fully saturated rings. The summed E-state index contributed by atoms with van der Waals surface area (Å²) >= 11 is 0. The Bertz CT molecular complexity index is 419. The zero-order chi connectivity index (χ0) is 14.5. The van der Waals surface area contributed by atoms with Crippen LogP contribution in [0.4, 0.5) is 0 Å². The fraction of sp³-hybridized carbons (Fsp3) is 0.647. The van der Waals surface area contributed by atoms with Gasteiger partial charge in [-0.25, -0.2) is 0 Å². The predicted octanol–water partition coefficient (Wildman–Crippen LogP) is 3.39. The maximum absolute atomic E-state index is 6.06. The maximum Gasteiger partial charge on any atom is 0.120 e. The van der Waals surface area contributed by atoms with Crippen molar-refractivity contribution in [2.45, 2.75) is 70.7 Å². The van der Waals surface area contributed by atoms with Gasteiger partial charge in [-0.3, -0.25) is 0 Å². The lowest BCUT2D eigenvalue weighted by Crippen LogP contribution is -2.40. The van der Waals surface area contributed by atoms with E-state index in [4.69, 9.17) is 10.5 Å². The van der Waals surface area contributed by atoms with Crippen molar-refractivity contribution in [2.75, 3.05) is 0 Å². The van der Waals surface area contributed by atoms with Crippen LogP contribution in [0.25, 0.3) is 0 Å². The van der Waals surface area contributed by atoms with Crippen LogP contribution in [0.15, 0.2) is 24.3 Å². The summed E-state index contributed by atoms with van der Waals surface area (Å²) in [6.07, 6.45) is 4.95. The van der Waals surface area contributed by atoms with Crippen LogP contribution in [0.1, 0.15) is 58.1 Å². The van der Waals surface area contributed by atoms with E-state index in [9.17, 15) is 0 Å². The van der Waals surface area contributed by atoms with Crippen molar-refractivity contribution in [3.63, 3.8) is 0 Å². The van der Waals surface area contributed by atoms with Crippen molar-refractivity contribution in [2.24, 2.45) is 5.73 Å². The molecule has 112 valence electrons. The van der Waals surface area contributed by atoms with Crippen molar-refractivity contribution in [3.8, 4) is 5.75 Å². The van der Waals surface area contributed by atoms with Gasteiger partial charge in [0.1, 0.15) is 5.75 Å². The smallest absolute Gasteiger partial charge is 0.120 e. The summed E-state index contributed by atoms with van der Waals surface area (Å²) in [5, 5.41) is 3.71. The minimum Gasteiger partial charge on any atom is -0.491 e. The van der Waals surface area contributed by atoms with E-state index in [1.54, 1.807) is 0 Å². The third kappa shape index (κ3) is 4.50. The van der Waals surface area contributed by atoms with E-state index < -0.39 is 0 Å². The van der Waals surface area contributed by atoms with Crippen molar-refractivity contribution in [1.29, 1.82) is 0 Å². The van der Waals surface area contributed by atoms with E-state index in [0.717, 1.165) is 12.2 Å². The first-order valence-electron chi connectivity index (χ1n) is 7.83. The Morgan fingerprint density at radius 3 is 2.75 bits per heavy atom. The Hall–Kier alpha value is -1.06. The average Bonchev–Trinajstić information content (AvgIpc) is 2.38. The number of rotatable bonds is 5. The third-order valence-electron chi connectivity index (χ3n) is 3.93. The van der Waals surface area contributed by atoms with Crippen LogP contribution in [0.2, 0.25) is 0 Å². The van der Waals surface area contributed by atoms with Gasteiger partial charge in [-0.2, -0.15) is 0 Å². The summed E-state index contributed by atoms with van der Waals surface area (Å²) in [6.45, 7) is 6.32. The Morgan fingerprint density at radius 1 is 1.25 bits per heavy atom. The normalized spacial score (nSPS) is 24.6. The molecule has 0 amide bonds. The largest absolute Gasteiger partial charge is 0.491 e. The molecule has 0 bridgehead atoms. The zero-order valence-electron chi connectivity index (χ0n) is 12.9. The monoisotopic (exact) mass is 276 g/mol. The van der Waals surface area contributed by atoms with Crippen molar-refractivity contribution in [3.05, 3.63) is 29.8 Å². The topological polar surface area (TPSA) is 47.3 Å². The number of hydrogen-bond acceptors (Lipinski definition) is 3. The second-order valence-corrected chi connectivity index (χ2v) is 6.25. The standard InChI is InChI=1S/C17H28N2O/c1-12(2)20-17-9-4-6-14(10-17)13(3)19-16-8-5-7-15(18)11-16/h4,6,9-10,12-13,15-16,19H,5,7-8,11,18H2,1-3H3. The van der Waals surface area contributed by atoms with Gasteiger partial charge < -0.3 is 15.8 Å². The van der Waals surface area contributed by atoms with E-state index in [1.807, 2.05) is 6.07 Å². The second kappa shape index (κ2) is 7.09. The molecule has 1 aliphatic carbocycles. The van der Waals surface area contributed by atoms with E-state index in [-0.39, 0.29) is 6.10 Å². The lowest BCUT2D eigenvalue weighted by Gasteiger charge is -2.30. The Morgan fingerprint density at radius 2 is 2.05 bits per heavy atom. The molecule has 1 aromatic rings. The van der Waals surface area contributed by atoms with Gasteiger partial charge in [0.15, 0.2) is 0 Å². The molecular weight excluding hydrogens is 248 g/mol. The molecule has 0 saturated heterocycles. The first-order valence-corrected chi connectivity index (χ1v) is 7.83. The third-order valence-corrected chi connectivity index (χ3v) is 3.93. The van der Waals surface area contributed by atoms with E-state index >= 15 is 0 Å². The highest BCUT2D eigenvalue weighted by Gasteiger charge is 2.21. The zero-order valence-corrected chi connectivity index (χ0v) is 12.9. The highest BCUT2D eigenvalue weighted by Crippen LogP contribution is 2.23. The SMILES string of the molecule is CC(C)Oc1cccc(C(C)NC2CCCC(N)C2)c1. The van der Waals surface area contributed by atoms with Crippen LogP contribution in [-0.4, -0.2) is 18.2 Å². The molecule has 0 heterocycles. The van der Waals surface area contributed by atoms with E-state index in [1.165, 1.54) is 24.8 Å². The van der Waals surface area contributed by atoms with Gasteiger partial charge in [-0.15, -0.1) is 0 Å². The fourth-order valence-electron chi connectivity index (χ4n) is 2.96. The van der Waals surface area contributed by atoms with E-state index in [2.05, 4.69) is 44.3 Å². The number of nitrogens with one attached hydrogen (secondary N) is 1. The lowest BCUT2D eigenvalue weighted by atomic mass is 9.91. The van der Waals surface area contributed by atoms with E-state index in [0.29, 0.717) is 18.1 Å². The molecule has 1 saturated carbocycles. The number of ether oxygens (including phenoxy) is 1. The maximum atomic E-state index is 6.06. The highest BCUT2D eigenvalue weighted by atomic mass is 16.5.